The van der Waals surface area contributed by atoms with Crippen LogP contribution in [0, 0.1) is 10.1 Å². The summed E-state index contributed by atoms with van der Waals surface area (Å²) in [6, 6.07) is 3.99. The number of nitrogens with one attached hydrogen (secondary N) is 1. The number of ether oxygens (including phenoxy) is 1. The lowest BCUT2D eigenvalue weighted by Crippen LogP contribution is -2.40. The lowest BCUT2D eigenvalue weighted by Gasteiger charge is -2.26. The van der Waals surface area contributed by atoms with Gasteiger partial charge in [0.05, 0.1) is 23.0 Å². The van der Waals surface area contributed by atoms with E-state index in [4.69, 9.17) is 4.74 Å². The molecule has 8 nitrogen and oxygen atoms in total. The molecule has 0 spiro atoms. The first-order chi connectivity index (χ1) is 11.0. The van der Waals surface area contributed by atoms with E-state index >= 15 is 0 Å². The zero-order valence-electron chi connectivity index (χ0n) is 13.0. The van der Waals surface area contributed by atoms with E-state index in [1.165, 1.54) is 16.4 Å². The predicted molar refractivity (Wildman–Crippen MR) is 86.1 cm³/mol. The molecular weight excluding hydrogens is 322 g/mol. The Kier molecular flexibility index (Phi) is 5.91. The van der Waals surface area contributed by atoms with Gasteiger partial charge < -0.3 is 10.1 Å². The topological polar surface area (TPSA) is 102 Å². The van der Waals surface area contributed by atoms with Crippen molar-refractivity contribution < 1.29 is 18.1 Å². The summed E-state index contributed by atoms with van der Waals surface area (Å²) in [6.07, 6.45) is 1.84. The highest BCUT2D eigenvalue weighted by Gasteiger charge is 2.28. The van der Waals surface area contributed by atoms with Gasteiger partial charge in [0, 0.05) is 25.7 Å². The van der Waals surface area contributed by atoms with Crippen LogP contribution in [0.4, 0.5) is 11.4 Å². The Morgan fingerprint density at radius 1 is 1.35 bits per heavy atom. The molecule has 0 saturated carbocycles. The van der Waals surface area contributed by atoms with Crippen LogP contribution in [-0.2, 0) is 14.8 Å². The van der Waals surface area contributed by atoms with Crippen molar-refractivity contribution in [1.82, 2.24) is 4.31 Å². The standard InChI is InChI=1S/C14H21N3O5S/c1-2-3-6-15-13-5-4-12(11-14(13)17(18)19)23(20,21)16-7-9-22-10-8-16/h4-5,11,15H,2-3,6-10H2,1H3. The van der Waals surface area contributed by atoms with E-state index in [1.807, 2.05) is 6.92 Å². The summed E-state index contributed by atoms with van der Waals surface area (Å²) in [5.41, 5.74) is 0.111. The van der Waals surface area contributed by atoms with Gasteiger partial charge in [0.25, 0.3) is 5.69 Å². The molecule has 0 amide bonds. The molecule has 1 aliphatic rings. The third kappa shape index (κ3) is 4.18. The van der Waals surface area contributed by atoms with E-state index in [2.05, 4.69) is 5.32 Å². The molecule has 0 atom stereocenters. The van der Waals surface area contributed by atoms with E-state index in [0.29, 0.717) is 25.4 Å². The smallest absolute Gasteiger partial charge is 0.293 e. The number of unbranched alkanes of at least 4 members (excludes halogenated alkanes) is 1. The van der Waals surface area contributed by atoms with Gasteiger partial charge in [-0.05, 0) is 18.6 Å². The predicted octanol–water partition coefficient (Wildman–Crippen LogP) is 1.83. The SMILES string of the molecule is CCCCNc1ccc(S(=O)(=O)N2CCOCC2)cc1[N+](=O)[O-]. The van der Waals surface area contributed by atoms with Gasteiger partial charge in [0.15, 0.2) is 0 Å². The Hall–Kier alpha value is -1.71. The zero-order chi connectivity index (χ0) is 16.9. The fourth-order valence-electron chi connectivity index (χ4n) is 2.31. The Labute approximate surface area is 135 Å². The summed E-state index contributed by atoms with van der Waals surface area (Å²) >= 11 is 0. The second kappa shape index (κ2) is 7.71. The number of anilines is 1. The van der Waals surface area contributed by atoms with Crippen LogP contribution in [-0.4, -0.2) is 50.5 Å². The Morgan fingerprint density at radius 2 is 2.04 bits per heavy atom. The van der Waals surface area contributed by atoms with Crippen LogP contribution in [0.2, 0.25) is 0 Å². The molecule has 0 radical (unpaired) electrons. The molecule has 1 saturated heterocycles. The maximum atomic E-state index is 12.6. The summed E-state index contributed by atoms with van der Waals surface area (Å²) in [4.78, 5) is 10.6. The molecule has 1 aromatic rings. The normalized spacial score (nSPS) is 16.2. The third-order valence-corrected chi connectivity index (χ3v) is 5.51. The van der Waals surface area contributed by atoms with Crippen LogP contribution in [0.3, 0.4) is 0 Å². The molecule has 1 aromatic carbocycles. The lowest BCUT2D eigenvalue weighted by molar-refractivity contribution is -0.384. The second-order valence-corrected chi connectivity index (χ2v) is 7.17. The van der Waals surface area contributed by atoms with Gasteiger partial charge in [-0.15, -0.1) is 0 Å². The first-order valence-corrected chi connectivity index (χ1v) is 9.01. The van der Waals surface area contributed by atoms with Crippen LogP contribution >= 0.6 is 0 Å². The lowest BCUT2D eigenvalue weighted by atomic mass is 10.2. The van der Waals surface area contributed by atoms with Crippen molar-refractivity contribution in [3.05, 3.63) is 28.3 Å². The number of benzene rings is 1. The number of nitro groups is 1. The first-order valence-electron chi connectivity index (χ1n) is 7.57. The van der Waals surface area contributed by atoms with Crippen molar-refractivity contribution in [2.45, 2.75) is 24.7 Å². The van der Waals surface area contributed by atoms with Crippen LogP contribution < -0.4 is 5.32 Å². The second-order valence-electron chi connectivity index (χ2n) is 5.23. The van der Waals surface area contributed by atoms with Crippen LogP contribution in [0.1, 0.15) is 19.8 Å². The minimum Gasteiger partial charge on any atom is -0.379 e. The molecule has 1 aliphatic heterocycles. The minimum absolute atomic E-state index is 0.0628. The number of sulfonamides is 1. The largest absolute Gasteiger partial charge is 0.379 e. The van der Waals surface area contributed by atoms with E-state index < -0.39 is 14.9 Å². The van der Waals surface area contributed by atoms with Crippen molar-refractivity contribution in [3.63, 3.8) is 0 Å². The van der Waals surface area contributed by atoms with Crippen molar-refractivity contribution in [1.29, 1.82) is 0 Å². The molecule has 1 fully saturated rings. The number of nitro benzene ring substituents is 1. The van der Waals surface area contributed by atoms with E-state index in [9.17, 15) is 18.5 Å². The molecule has 0 bridgehead atoms. The molecule has 2 rings (SSSR count). The quantitative estimate of drug-likeness (QED) is 0.460. The van der Waals surface area contributed by atoms with Crippen molar-refractivity contribution in [3.8, 4) is 0 Å². The molecular formula is C14H21N3O5S. The minimum atomic E-state index is -3.74. The van der Waals surface area contributed by atoms with Crippen molar-refractivity contribution in [2.75, 3.05) is 38.2 Å². The van der Waals surface area contributed by atoms with Crippen molar-refractivity contribution >= 4 is 21.4 Å². The van der Waals surface area contributed by atoms with Gasteiger partial charge in [-0.1, -0.05) is 13.3 Å². The van der Waals surface area contributed by atoms with E-state index in [-0.39, 0.29) is 23.7 Å². The molecule has 128 valence electrons. The average molecular weight is 343 g/mol. The van der Waals surface area contributed by atoms with Gasteiger partial charge in [-0.3, -0.25) is 10.1 Å². The highest BCUT2D eigenvalue weighted by atomic mass is 32.2. The molecule has 1 heterocycles. The average Bonchev–Trinajstić information content (AvgIpc) is 2.56. The maximum Gasteiger partial charge on any atom is 0.293 e. The van der Waals surface area contributed by atoms with Crippen LogP contribution in [0.5, 0.6) is 0 Å². The van der Waals surface area contributed by atoms with Gasteiger partial charge in [-0.2, -0.15) is 4.31 Å². The molecule has 1 N–H and O–H groups in total. The zero-order valence-corrected chi connectivity index (χ0v) is 13.8. The van der Waals surface area contributed by atoms with Gasteiger partial charge in [0.1, 0.15) is 5.69 Å². The summed E-state index contributed by atoms with van der Waals surface area (Å²) in [6.45, 7) is 3.80. The number of morpholine rings is 1. The first kappa shape index (κ1) is 17.6. The highest BCUT2D eigenvalue weighted by Crippen LogP contribution is 2.29. The molecule has 0 unspecified atom stereocenters. The van der Waals surface area contributed by atoms with E-state index in [0.717, 1.165) is 18.9 Å². The highest BCUT2D eigenvalue weighted by molar-refractivity contribution is 7.89. The molecule has 9 heteroatoms. The Morgan fingerprint density at radius 3 is 2.65 bits per heavy atom. The number of hydrogen-bond donors (Lipinski definition) is 1. The van der Waals surface area contributed by atoms with Gasteiger partial charge >= 0.3 is 0 Å². The van der Waals surface area contributed by atoms with Crippen molar-refractivity contribution in [2.24, 2.45) is 0 Å². The monoisotopic (exact) mass is 343 g/mol. The Balaban J connectivity index is 2.29. The summed E-state index contributed by atoms with van der Waals surface area (Å²) in [5.74, 6) is 0. The molecule has 23 heavy (non-hydrogen) atoms. The number of nitrogens with zero attached hydrogens (tertiary/aromatic N) is 2. The van der Waals surface area contributed by atoms with Gasteiger partial charge in [-0.25, -0.2) is 8.42 Å². The van der Waals surface area contributed by atoms with Gasteiger partial charge in [0.2, 0.25) is 10.0 Å². The number of rotatable bonds is 7. The summed E-state index contributed by atoms with van der Waals surface area (Å²) in [7, 11) is -3.74. The summed E-state index contributed by atoms with van der Waals surface area (Å²) in [5, 5.41) is 14.2. The van der Waals surface area contributed by atoms with E-state index in [1.54, 1.807) is 0 Å². The summed E-state index contributed by atoms with van der Waals surface area (Å²) < 4.78 is 31.6. The third-order valence-electron chi connectivity index (χ3n) is 3.62. The van der Waals surface area contributed by atoms with Crippen LogP contribution in [0.25, 0.3) is 0 Å². The fraction of sp³-hybridized carbons (Fsp3) is 0.571. The number of hydrogen-bond acceptors (Lipinski definition) is 6. The maximum absolute atomic E-state index is 12.6. The van der Waals surface area contributed by atoms with Crippen LogP contribution in [0.15, 0.2) is 23.1 Å². The Bertz CT molecular complexity index is 656. The molecule has 0 aromatic heterocycles. The fourth-order valence-corrected chi connectivity index (χ4v) is 3.74. The molecule has 0 aliphatic carbocycles.